The molecule has 1 heterocycles. The molecule has 0 saturated heterocycles. The fraction of sp³-hybridized carbons (Fsp3) is 0.0556. The monoisotopic (exact) mass is 355 g/mol. The number of nitrogens with one attached hydrogen (secondary N) is 1. The standard InChI is InChI=1S/C18H14FN3O2S/c1-10-21-15(11-5-3-2-4-6-11)16(25-10)18(24)22-12-7-8-14(19)13(9-12)17(20)23/h2-9H,1H3,(H2,20,23)(H,22,24). The van der Waals surface area contributed by atoms with Crippen LogP contribution in [0.2, 0.25) is 0 Å². The van der Waals surface area contributed by atoms with Crippen LogP contribution in [0.5, 0.6) is 0 Å². The molecule has 0 bridgehead atoms. The van der Waals surface area contributed by atoms with Crippen LogP contribution < -0.4 is 11.1 Å². The molecule has 0 aliphatic heterocycles. The molecule has 7 heteroatoms. The van der Waals surface area contributed by atoms with Crippen LogP contribution in [-0.4, -0.2) is 16.8 Å². The fourth-order valence-corrected chi connectivity index (χ4v) is 3.19. The van der Waals surface area contributed by atoms with Gasteiger partial charge in [0, 0.05) is 11.3 Å². The quantitative estimate of drug-likeness (QED) is 0.750. The Balaban J connectivity index is 1.93. The van der Waals surface area contributed by atoms with E-state index in [0.717, 1.165) is 16.6 Å². The summed E-state index contributed by atoms with van der Waals surface area (Å²) >= 11 is 1.26. The van der Waals surface area contributed by atoms with Gasteiger partial charge in [-0.15, -0.1) is 11.3 Å². The fourth-order valence-electron chi connectivity index (χ4n) is 2.35. The molecular formula is C18H14FN3O2S. The van der Waals surface area contributed by atoms with E-state index < -0.39 is 11.7 Å². The first-order chi connectivity index (χ1) is 12.0. The average molecular weight is 355 g/mol. The number of nitrogens with two attached hydrogens (primary N) is 1. The van der Waals surface area contributed by atoms with Crippen LogP contribution in [0.4, 0.5) is 10.1 Å². The summed E-state index contributed by atoms with van der Waals surface area (Å²) in [5, 5.41) is 3.41. The first-order valence-corrected chi connectivity index (χ1v) is 8.21. The van der Waals surface area contributed by atoms with E-state index in [4.69, 9.17) is 5.73 Å². The van der Waals surface area contributed by atoms with Crippen LogP contribution in [0.15, 0.2) is 48.5 Å². The number of thiazole rings is 1. The van der Waals surface area contributed by atoms with Crippen LogP contribution in [-0.2, 0) is 0 Å². The van der Waals surface area contributed by atoms with Crippen molar-refractivity contribution in [3.8, 4) is 11.3 Å². The van der Waals surface area contributed by atoms with Gasteiger partial charge in [0.15, 0.2) is 0 Å². The molecule has 1 aromatic heterocycles. The lowest BCUT2D eigenvalue weighted by atomic mass is 10.1. The number of amides is 2. The molecule has 0 aliphatic carbocycles. The van der Waals surface area contributed by atoms with E-state index in [2.05, 4.69) is 10.3 Å². The van der Waals surface area contributed by atoms with Gasteiger partial charge >= 0.3 is 0 Å². The molecule has 0 spiro atoms. The molecule has 3 N–H and O–H groups in total. The number of benzene rings is 2. The number of hydrogen-bond donors (Lipinski definition) is 2. The van der Waals surface area contributed by atoms with Crippen LogP contribution in [0.3, 0.4) is 0 Å². The summed E-state index contributed by atoms with van der Waals surface area (Å²) in [4.78, 5) is 28.7. The highest BCUT2D eigenvalue weighted by Gasteiger charge is 2.19. The van der Waals surface area contributed by atoms with Gasteiger partial charge < -0.3 is 11.1 Å². The Kier molecular flexibility index (Phi) is 4.58. The van der Waals surface area contributed by atoms with Gasteiger partial charge in [0.1, 0.15) is 10.7 Å². The molecule has 0 saturated carbocycles. The van der Waals surface area contributed by atoms with Crippen molar-refractivity contribution in [3.05, 3.63) is 69.8 Å². The molecule has 3 rings (SSSR count). The third-order valence-corrected chi connectivity index (χ3v) is 4.45. The normalized spacial score (nSPS) is 10.5. The van der Waals surface area contributed by atoms with Gasteiger partial charge in [-0.1, -0.05) is 30.3 Å². The summed E-state index contributed by atoms with van der Waals surface area (Å²) in [6.45, 7) is 1.82. The molecule has 5 nitrogen and oxygen atoms in total. The van der Waals surface area contributed by atoms with Crippen molar-refractivity contribution in [2.24, 2.45) is 5.73 Å². The molecule has 0 atom stereocenters. The minimum Gasteiger partial charge on any atom is -0.366 e. The number of aryl methyl sites for hydroxylation is 1. The Morgan fingerprint density at radius 2 is 1.88 bits per heavy atom. The molecule has 0 radical (unpaired) electrons. The lowest BCUT2D eigenvalue weighted by Gasteiger charge is -2.07. The summed E-state index contributed by atoms with van der Waals surface area (Å²) in [7, 11) is 0. The van der Waals surface area contributed by atoms with Crippen LogP contribution in [0.25, 0.3) is 11.3 Å². The predicted molar refractivity (Wildman–Crippen MR) is 95.2 cm³/mol. The Morgan fingerprint density at radius 3 is 2.56 bits per heavy atom. The molecule has 2 amide bonds. The Morgan fingerprint density at radius 1 is 1.16 bits per heavy atom. The van der Waals surface area contributed by atoms with Crippen molar-refractivity contribution in [2.45, 2.75) is 6.92 Å². The van der Waals surface area contributed by atoms with Crippen molar-refractivity contribution in [3.63, 3.8) is 0 Å². The zero-order valence-corrected chi connectivity index (χ0v) is 14.1. The number of carbonyl (C=O) groups excluding carboxylic acids is 2. The lowest BCUT2D eigenvalue weighted by Crippen LogP contribution is -2.15. The van der Waals surface area contributed by atoms with Crippen molar-refractivity contribution < 1.29 is 14.0 Å². The van der Waals surface area contributed by atoms with Crippen LogP contribution in [0, 0.1) is 12.7 Å². The summed E-state index contributed by atoms with van der Waals surface area (Å²) < 4.78 is 13.5. The van der Waals surface area contributed by atoms with E-state index >= 15 is 0 Å². The van der Waals surface area contributed by atoms with Gasteiger partial charge in [0.2, 0.25) is 0 Å². The number of hydrogen-bond acceptors (Lipinski definition) is 4. The maximum Gasteiger partial charge on any atom is 0.268 e. The second-order valence-corrected chi connectivity index (χ2v) is 6.49. The van der Waals surface area contributed by atoms with Gasteiger partial charge in [-0.3, -0.25) is 9.59 Å². The molecule has 25 heavy (non-hydrogen) atoms. The van der Waals surface area contributed by atoms with E-state index in [1.54, 1.807) is 0 Å². The summed E-state index contributed by atoms with van der Waals surface area (Å²) in [6, 6.07) is 13.0. The van der Waals surface area contributed by atoms with Gasteiger partial charge in [0.25, 0.3) is 11.8 Å². The SMILES string of the molecule is Cc1nc(-c2ccccc2)c(C(=O)Nc2ccc(F)c(C(N)=O)c2)s1. The third-order valence-electron chi connectivity index (χ3n) is 3.48. The zero-order valence-electron chi connectivity index (χ0n) is 13.2. The Hall–Kier alpha value is -3.06. The largest absolute Gasteiger partial charge is 0.366 e. The zero-order chi connectivity index (χ0) is 18.0. The Bertz CT molecular complexity index is 954. The highest BCUT2D eigenvalue weighted by Crippen LogP contribution is 2.29. The van der Waals surface area contributed by atoms with Gasteiger partial charge in [-0.05, 0) is 25.1 Å². The van der Waals surface area contributed by atoms with E-state index in [0.29, 0.717) is 10.6 Å². The number of carbonyl (C=O) groups is 2. The summed E-state index contributed by atoms with van der Waals surface area (Å²) in [5.41, 5.74) is 6.54. The lowest BCUT2D eigenvalue weighted by molar-refractivity contribution is 0.0993. The van der Waals surface area contributed by atoms with Gasteiger partial charge in [0.05, 0.1) is 16.3 Å². The maximum atomic E-state index is 13.5. The predicted octanol–water partition coefficient (Wildman–Crippen LogP) is 3.61. The van der Waals surface area contributed by atoms with Crippen LogP contribution >= 0.6 is 11.3 Å². The molecular weight excluding hydrogens is 341 g/mol. The molecule has 0 unspecified atom stereocenters. The first-order valence-electron chi connectivity index (χ1n) is 7.39. The second kappa shape index (κ2) is 6.82. The number of nitrogens with zero attached hydrogens (tertiary/aromatic N) is 1. The number of aromatic nitrogens is 1. The molecule has 0 fully saturated rings. The minimum atomic E-state index is -0.896. The second-order valence-electron chi connectivity index (χ2n) is 5.29. The van der Waals surface area contributed by atoms with Gasteiger partial charge in [-0.2, -0.15) is 0 Å². The minimum absolute atomic E-state index is 0.276. The van der Waals surface area contributed by atoms with Crippen molar-refractivity contribution >= 4 is 28.8 Å². The first kappa shape index (κ1) is 16.8. The van der Waals surface area contributed by atoms with E-state index in [1.165, 1.54) is 23.5 Å². The highest BCUT2D eigenvalue weighted by atomic mass is 32.1. The molecule has 2 aromatic carbocycles. The Labute approximate surface area is 147 Å². The smallest absolute Gasteiger partial charge is 0.268 e. The average Bonchev–Trinajstić information content (AvgIpc) is 2.99. The topological polar surface area (TPSA) is 85.1 Å². The number of anilines is 1. The maximum absolute atomic E-state index is 13.5. The van der Waals surface area contributed by atoms with Crippen molar-refractivity contribution in [2.75, 3.05) is 5.32 Å². The third kappa shape index (κ3) is 3.56. The van der Waals surface area contributed by atoms with E-state index in [9.17, 15) is 14.0 Å². The van der Waals surface area contributed by atoms with Gasteiger partial charge in [-0.25, -0.2) is 9.37 Å². The highest BCUT2D eigenvalue weighted by molar-refractivity contribution is 7.14. The summed E-state index contributed by atoms with van der Waals surface area (Å²) in [5.74, 6) is -2.01. The number of halogens is 1. The van der Waals surface area contributed by atoms with Crippen LogP contribution in [0.1, 0.15) is 25.0 Å². The molecule has 126 valence electrons. The van der Waals surface area contributed by atoms with Crippen molar-refractivity contribution in [1.29, 1.82) is 0 Å². The molecule has 0 aliphatic rings. The van der Waals surface area contributed by atoms with Crippen molar-refractivity contribution in [1.82, 2.24) is 4.98 Å². The number of rotatable bonds is 4. The number of primary amides is 1. The molecule has 3 aromatic rings. The summed E-state index contributed by atoms with van der Waals surface area (Å²) in [6.07, 6.45) is 0. The van der Waals surface area contributed by atoms with E-state index in [1.807, 2.05) is 37.3 Å². The van der Waals surface area contributed by atoms with E-state index in [-0.39, 0.29) is 17.2 Å².